The number of esters is 1. The highest BCUT2D eigenvalue weighted by atomic mass is 28.4. The molecule has 0 bridgehead atoms. The Morgan fingerprint density at radius 1 is 1.11 bits per heavy atom. The van der Waals surface area contributed by atoms with Gasteiger partial charge in [-0.05, 0) is 58.2 Å². The second-order valence-corrected chi connectivity index (χ2v) is 14.9. The van der Waals surface area contributed by atoms with Gasteiger partial charge in [0, 0.05) is 19.7 Å². The van der Waals surface area contributed by atoms with E-state index in [1.807, 2.05) is 20.8 Å². The number of ether oxygens (including phenoxy) is 2. The molecule has 1 amide bonds. The Bertz CT molecular complexity index is 535. The Hall–Kier alpha value is -1.08. The molecule has 1 heterocycles. The second kappa shape index (κ2) is 8.51. The molecule has 1 unspecified atom stereocenters. The van der Waals surface area contributed by atoms with E-state index in [9.17, 15) is 9.59 Å². The van der Waals surface area contributed by atoms with Crippen LogP contribution in [0.3, 0.4) is 0 Å². The first kappa shape index (κ1) is 24.0. The highest BCUT2D eigenvalue weighted by Gasteiger charge is 2.47. The zero-order chi connectivity index (χ0) is 21.1. The SMILES string of the molecule is COC(=O)C1(CCCO[Si](C)(C)C(C)(C)C)CCN(C(=O)OC(C)(C)C)C1. The zero-order valence-electron chi connectivity index (χ0n) is 18.7. The molecule has 0 aromatic rings. The first-order valence-corrected chi connectivity index (χ1v) is 12.7. The van der Waals surface area contributed by atoms with Crippen LogP contribution in [0.5, 0.6) is 0 Å². The fourth-order valence-electron chi connectivity index (χ4n) is 3.00. The van der Waals surface area contributed by atoms with Crippen molar-refractivity contribution in [3.63, 3.8) is 0 Å². The Kier molecular flexibility index (Phi) is 7.55. The van der Waals surface area contributed by atoms with Gasteiger partial charge in [0.1, 0.15) is 5.60 Å². The number of carbonyl (C=O) groups excluding carboxylic acids is 2. The van der Waals surface area contributed by atoms with E-state index in [0.717, 1.165) is 6.42 Å². The molecule has 1 saturated heterocycles. The topological polar surface area (TPSA) is 65.1 Å². The number of methoxy groups -OCH3 is 1. The summed E-state index contributed by atoms with van der Waals surface area (Å²) in [4.78, 5) is 26.5. The second-order valence-electron chi connectivity index (χ2n) is 10.1. The largest absolute Gasteiger partial charge is 0.469 e. The van der Waals surface area contributed by atoms with Crippen LogP contribution in [-0.2, 0) is 18.7 Å². The number of nitrogens with zero attached hydrogens (tertiary/aromatic N) is 1. The number of carbonyl (C=O) groups is 2. The van der Waals surface area contributed by atoms with Crippen molar-refractivity contribution in [1.29, 1.82) is 0 Å². The first-order chi connectivity index (χ1) is 12.1. The van der Waals surface area contributed by atoms with Gasteiger partial charge in [-0.2, -0.15) is 0 Å². The Morgan fingerprint density at radius 3 is 2.19 bits per heavy atom. The molecule has 1 aliphatic rings. The molecule has 0 spiro atoms. The summed E-state index contributed by atoms with van der Waals surface area (Å²) in [5.41, 5.74) is -1.22. The van der Waals surface area contributed by atoms with Crippen LogP contribution < -0.4 is 0 Å². The summed E-state index contributed by atoms with van der Waals surface area (Å²) in [5.74, 6) is -0.249. The predicted octanol–water partition coefficient (Wildman–Crippen LogP) is 4.59. The van der Waals surface area contributed by atoms with Crippen molar-refractivity contribution < 1.29 is 23.5 Å². The Morgan fingerprint density at radius 2 is 1.70 bits per heavy atom. The molecule has 6 nitrogen and oxygen atoms in total. The summed E-state index contributed by atoms with van der Waals surface area (Å²) >= 11 is 0. The van der Waals surface area contributed by atoms with Gasteiger partial charge in [0.25, 0.3) is 0 Å². The number of hydrogen-bond acceptors (Lipinski definition) is 5. The molecule has 0 radical (unpaired) electrons. The fraction of sp³-hybridized carbons (Fsp3) is 0.900. The van der Waals surface area contributed by atoms with Crippen LogP contribution in [0.1, 0.15) is 60.8 Å². The maximum Gasteiger partial charge on any atom is 0.410 e. The van der Waals surface area contributed by atoms with E-state index < -0.39 is 19.3 Å². The summed E-state index contributed by atoms with van der Waals surface area (Å²) < 4.78 is 16.8. The van der Waals surface area contributed by atoms with E-state index >= 15 is 0 Å². The van der Waals surface area contributed by atoms with Gasteiger partial charge >= 0.3 is 12.1 Å². The van der Waals surface area contributed by atoms with E-state index in [1.165, 1.54) is 7.11 Å². The van der Waals surface area contributed by atoms with E-state index in [2.05, 4.69) is 33.9 Å². The molecule has 1 atom stereocenters. The Balaban J connectivity index is 2.70. The van der Waals surface area contributed by atoms with Crippen molar-refractivity contribution in [3.8, 4) is 0 Å². The van der Waals surface area contributed by atoms with Crippen LogP contribution >= 0.6 is 0 Å². The van der Waals surface area contributed by atoms with Gasteiger partial charge in [-0.15, -0.1) is 0 Å². The molecule has 27 heavy (non-hydrogen) atoms. The highest BCUT2D eigenvalue weighted by Crippen LogP contribution is 2.39. The average molecular weight is 402 g/mol. The smallest absolute Gasteiger partial charge is 0.410 e. The van der Waals surface area contributed by atoms with Crippen molar-refractivity contribution in [3.05, 3.63) is 0 Å². The molecule has 1 aliphatic heterocycles. The molecule has 0 aliphatic carbocycles. The molecule has 1 rings (SSSR count). The van der Waals surface area contributed by atoms with E-state index in [-0.39, 0.29) is 17.1 Å². The van der Waals surface area contributed by atoms with E-state index in [4.69, 9.17) is 13.9 Å². The molecule has 158 valence electrons. The van der Waals surface area contributed by atoms with Gasteiger partial charge < -0.3 is 18.8 Å². The van der Waals surface area contributed by atoms with Gasteiger partial charge in [0.05, 0.1) is 12.5 Å². The van der Waals surface area contributed by atoms with Crippen molar-refractivity contribution in [1.82, 2.24) is 4.90 Å². The van der Waals surface area contributed by atoms with Crippen LogP contribution in [0.2, 0.25) is 18.1 Å². The summed E-state index contributed by atoms with van der Waals surface area (Å²) in [6, 6.07) is 0. The van der Waals surface area contributed by atoms with Crippen LogP contribution in [0, 0.1) is 5.41 Å². The molecule has 0 aromatic carbocycles. The van der Waals surface area contributed by atoms with Gasteiger partial charge in [0.15, 0.2) is 8.32 Å². The summed E-state index contributed by atoms with van der Waals surface area (Å²) in [7, 11) is -0.391. The number of likely N-dealkylation sites (tertiary alicyclic amines) is 1. The summed E-state index contributed by atoms with van der Waals surface area (Å²) in [6.07, 6.45) is 1.64. The average Bonchev–Trinajstić information content (AvgIpc) is 2.94. The van der Waals surface area contributed by atoms with Crippen molar-refractivity contribution in [2.75, 3.05) is 26.8 Å². The minimum atomic E-state index is -1.80. The zero-order valence-corrected chi connectivity index (χ0v) is 19.7. The monoisotopic (exact) mass is 401 g/mol. The third-order valence-electron chi connectivity index (χ3n) is 5.69. The minimum Gasteiger partial charge on any atom is -0.469 e. The van der Waals surface area contributed by atoms with Gasteiger partial charge in [-0.1, -0.05) is 20.8 Å². The lowest BCUT2D eigenvalue weighted by atomic mass is 9.82. The Labute approximate surface area is 166 Å². The molecular formula is C20H39NO5Si. The van der Waals surface area contributed by atoms with Crippen LogP contribution in [0.4, 0.5) is 4.79 Å². The lowest BCUT2D eigenvalue weighted by Gasteiger charge is -2.36. The van der Waals surface area contributed by atoms with E-state index in [0.29, 0.717) is 32.5 Å². The predicted molar refractivity (Wildman–Crippen MR) is 109 cm³/mol. The third-order valence-corrected chi connectivity index (χ3v) is 10.2. The highest BCUT2D eigenvalue weighted by molar-refractivity contribution is 6.74. The quantitative estimate of drug-likeness (QED) is 0.370. The van der Waals surface area contributed by atoms with Crippen LogP contribution in [-0.4, -0.2) is 57.7 Å². The standard InChI is InChI=1S/C20H39NO5Si/c1-18(2,3)26-17(23)21-13-12-20(15-21,16(22)24-7)11-10-14-25-27(8,9)19(4,5)6/h10-15H2,1-9H3. The normalized spacial score (nSPS) is 21.3. The number of amides is 1. The number of hydrogen-bond donors (Lipinski definition) is 0. The molecule has 0 N–H and O–H groups in total. The molecule has 0 saturated carbocycles. The van der Waals surface area contributed by atoms with E-state index in [1.54, 1.807) is 4.90 Å². The lowest BCUT2D eigenvalue weighted by Crippen LogP contribution is -2.42. The first-order valence-electron chi connectivity index (χ1n) is 9.84. The van der Waals surface area contributed by atoms with Crippen molar-refractivity contribution in [2.45, 2.75) is 84.5 Å². The third kappa shape index (κ3) is 6.49. The molecular weight excluding hydrogens is 362 g/mol. The maximum atomic E-state index is 12.5. The fourth-order valence-corrected chi connectivity index (χ4v) is 4.09. The van der Waals surface area contributed by atoms with Gasteiger partial charge in [-0.25, -0.2) is 4.79 Å². The van der Waals surface area contributed by atoms with Crippen molar-refractivity contribution >= 4 is 20.4 Å². The lowest BCUT2D eigenvalue weighted by molar-refractivity contribution is -0.152. The molecule has 0 aromatic heterocycles. The number of rotatable bonds is 6. The molecule has 7 heteroatoms. The minimum absolute atomic E-state index is 0.161. The maximum absolute atomic E-state index is 12.5. The summed E-state index contributed by atoms with van der Waals surface area (Å²) in [6.45, 7) is 18.1. The van der Waals surface area contributed by atoms with Crippen LogP contribution in [0.15, 0.2) is 0 Å². The van der Waals surface area contributed by atoms with Gasteiger partial charge in [-0.3, -0.25) is 4.79 Å². The van der Waals surface area contributed by atoms with Gasteiger partial charge in [0.2, 0.25) is 0 Å². The molecule has 1 fully saturated rings. The summed E-state index contributed by atoms with van der Waals surface area (Å²) in [5, 5.41) is 0.161. The van der Waals surface area contributed by atoms with Crippen LogP contribution in [0.25, 0.3) is 0 Å². The van der Waals surface area contributed by atoms with Crippen molar-refractivity contribution in [2.24, 2.45) is 5.41 Å².